The molecule has 0 N–H and O–H groups in total. The summed E-state index contributed by atoms with van der Waals surface area (Å²) in [5.74, 6) is 0. The first kappa shape index (κ1) is 8.87. The van der Waals surface area contributed by atoms with E-state index in [-0.39, 0.29) is 6.04 Å². The third kappa shape index (κ3) is 1.39. The van der Waals surface area contributed by atoms with Crippen molar-refractivity contribution in [3.05, 3.63) is 23.8 Å². The van der Waals surface area contributed by atoms with Crippen molar-refractivity contribution >= 4 is 17.3 Å². The number of rotatable bonds is 2. The SMILES string of the molecule is CC(C)n1nc2ccc(C=O)cc2n1. The van der Waals surface area contributed by atoms with Crippen molar-refractivity contribution in [1.29, 1.82) is 0 Å². The molecule has 0 radical (unpaired) electrons. The van der Waals surface area contributed by atoms with Crippen LogP contribution < -0.4 is 0 Å². The molecule has 0 aliphatic heterocycles. The van der Waals surface area contributed by atoms with Gasteiger partial charge in [-0.1, -0.05) is 0 Å². The van der Waals surface area contributed by atoms with Gasteiger partial charge < -0.3 is 0 Å². The van der Waals surface area contributed by atoms with Crippen LogP contribution in [0.25, 0.3) is 11.0 Å². The van der Waals surface area contributed by atoms with E-state index in [0.717, 1.165) is 17.3 Å². The van der Waals surface area contributed by atoms with Gasteiger partial charge in [0.05, 0.1) is 6.04 Å². The minimum absolute atomic E-state index is 0.238. The average Bonchev–Trinajstić information content (AvgIpc) is 2.59. The van der Waals surface area contributed by atoms with Crippen molar-refractivity contribution in [2.75, 3.05) is 0 Å². The van der Waals surface area contributed by atoms with Gasteiger partial charge in [-0.05, 0) is 32.0 Å². The summed E-state index contributed by atoms with van der Waals surface area (Å²) in [4.78, 5) is 12.2. The molecule has 1 aromatic heterocycles. The maximum Gasteiger partial charge on any atom is 0.150 e. The van der Waals surface area contributed by atoms with Crippen molar-refractivity contribution in [3.8, 4) is 0 Å². The van der Waals surface area contributed by atoms with Crippen LogP contribution in [0, 0.1) is 0 Å². The molecule has 0 aliphatic rings. The van der Waals surface area contributed by atoms with Crippen molar-refractivity contribution < 1.29 is 4.79 Å². The lowest BCUT2D eigenvalue weighted by Gasteiger charge is -1.99. The van der Waals surface area contributed by atoms with Gasteiger partial charge in [-0.25, -0.2) is 0 Å². The second-order valence-electron chi connectivity index (χ2n) is 3.48. The molecular formula is C10H11N3O. The van der Waals surface area contributed by atoms with Crippen LogP contribution in [0.3, 0.4) is 0 Å². The fraction of sp³-hybridized carbons (Fsp3) is 0.300. The Bertz CT molecular complexity index is 473. The molecule has 4 nitrogen and oxygen atoms in total. The Morgan fingerprint density at radius 3 is 2.64 bits per heavy atom. The standard InChI is InChI=1S/C10H11N3O/c1-7(2)13-11-9-4-3-8(6-14)5-10(9)12-13/h3-7H,1-2H3. The van der Waals surface area contributed by atoms with E-state index in [9.17, 15) is 4.79 Å². The smallest absolute Gasteiger partial charge is 0.150 e. The zero-order valence-corrected chi connectivity index (χ0v) is 8.14. The van der Waals surface area contributed by atoms with Crippen molar-refractivity contribution in [1.82, 2.24) is 15.0 Å². The van der Waals surface area contributed by atoms with E-state index in [1.807, 2.05) is 19.9 Å². The highest BCUT2D eigenvalue weighted by molar-refractivity contribution is 5.84. The van der Waals surface area contributed by atoms with Gasteiger partial charge in [-0.15, -0.1) is 0 Å². The highest BCUT2D eigenvalue weighted by Gasteiger charge is 2.05. The molecule has 0 saturated heterocycles. The van der Waals surface area contributed by atoms with E-state index in [4.69, 9.17) is 0 Å². The zero-order valence-electron chi connectivity index (χ0n) is 8.14. The molecule has 4 heteroatoms. The largest absolute Gasteiger partial charge is 0.298 e. The van der Waals surface area contributed by atoms with E-state index in [1.54, 1.807) is 16.9 Å². The molecule has 0 saturated carbocycles. The van der Waals surface area contributed by atoms with Crippen LogP contribution in [-0.2, 0) is 0 Å². The van der Waals surface area contributed by atoms with Crippen LogP contribution in [0.1, 0.15) is 30.2 Å². The summed E-state index contributed by atoms with van der Waals surface area (Å²) < 4.78 is 0. The van der Waals surface area contributed by atoms with Gasteiger partial charge in [0.25, 0.3) is 0 Å². The molecule has 0 unspecified atom stereocenters. The fourth-order valence-electron chi connectivity index (χ4n) is 1.25. The van der Waals surface area contributed by atoms with Crippen molar-refractivity contribution in [2.45, 2.75) is 19.9 Å². The second-order valence-corrected chi connectivity index (χ2v) is 3.48. The summed E-state index contributed by atoms with van der Waals surface area (Å²) in [6, 6.07) is 5.54. The highest BCUT2D eigenvalue weighted by Crippen LogP contribution is 2.12. The Morgan fingerprint density at radius 2 is 2.00 bits per heavy atom. The quantitative estimate of drug-likeness (QED) is 0.677. The van der Waals surface area contributed by atoms with Crippen LogP contribution in [0.4, 0.5) is 0 Å². The summed E-state index contributed by atoms with van der Waals surface area (Å²) in [5.41, 5.74) is 2.22. The molecule has 14 heavy (non-hydrogen) atoms. The zero-order chi connectivity index (χ0) is 10.1. The normalized spacial score (nSPS) is 11.1. The van der Waals surface area contributed by atoms with Gasteiger partial charge in [-0.3, -0.25) is 4.79 Å². The van der Waals surface area contributed by atoms with E-state index in [1.165, 1.54) is 0 Å². The van der Waals surface area contributed by atoms with Gasteiger partial charge in [0.15, 0.2) is 0 Å². The Morgan fingerprint density at radius 1 is 1.29 bits per heavy atom. The minimum Gasteiger partial charge on any atom is -0.298 e. The molecule has 0 amide bonds. The van der Waals surface area contributed by atoms with Crippen LogP contribution in [0.15, 0.2) is 18.2 Å². The third-order valence-electron chi connectivity index (χ3n) is 2.02. The maximum atomic E-state index is 10.5. The molecule has 2 rings (SSSR count). The number of fused-ring (bicyclic) bond motifs is 1. The van der Waals surface area contributed by atoms with Gasteiger partial charge >= 0.3 is 0 Å². The summed E-state index contributed by atoms with van der Waals surface area (Å²) in [7, 11) is 0. The second kappa shape index (κ2) is 3.21. The molecule has 0 bridgehead atoms. The van der Waals surface area contributed by atoms with Crippen LogP contribution in [0.2, 0.25) is 0 Å². The summed E-state index contributed by atoms with van der Waals surface area (Å²) >= 11 is 0. The number of hydrogen-bond acceptors (Lipinski definition) is 3. The lowest BCUT2D eigenvalue weighted by atomic mass is 10.2. The molecule has 0 fully saturated rings. The number of carbonyl (C=O) groups excluding carboxylic acids is 1. The molecule has 72 valence electrons. The predicted octanol–water partition coefficient (Wildman–Crippen LogP) is 1.82. The maximum absolute atomic E-state index is 10.5. The first-order valence-corrected chi connectivity index (χ1v) is 4.52. The minimum atomic E-state index is 0.238. The van der Waals surface area contributed by atoms with Crippen molar-refractivity contribution in [2.24, 2.45) is 0 Å². The summed E-state index contributed by atoms with van der Waals surface area (Å²) in [5, 5.41) is 8.54. The monoisotopic (exact) mass is 189 g/mol. The van der Waals surface area contributed by atoms with Gasteiger partial charge in [-0.2, -0.15) is 15.0 Å². The average molecular weight is 189 g/mol. The number of nitrogens with zero attached hydrogens (tertiary/aromatic N) is 3. The Hall–Kier alpha value is -1.71. The van der Waals surface area contributed by atoms with Gasteiger partial charge in [0, 0.05) is 5.56 Å². The molecule has 2 aromatic rings. The molecular weight excluding hydrogens is 178 g/mol. The summed E-state index contributed by atoms with van der Waals surface area (Å²) in [6.07, 6.45) is 0.813. The van der Waals surface area contributed by atoms with Crippen LogP contribution >= 0.6 is 0 Å². The first-order chi connectivity index (χ1) is 6.70. The van der Waals surface area contributed by atoms with Gasteiger partial charge in [0.2, 0.25) is 0 Å². The molecule has 1 aromatic carbocycles. The molecule has 1 heterocycles. The number of aldehydes is 1. The molecule has 0 spiro atoms. The van der Waals surface area contributed by atoms with Crippen molar-refractivity contribution in [3.63, 3.8) is 0 Å². The number of benzene rings is 1. The first-order valence-electron chi connectivity index (χ1n) is 4.52. The lowest BCUT2D eigenvalue weighted by Crippen LogP contribution is -2.04. The third-order valence-corrected chi connectivity index (χ3v) is 2.02. The highest BCUT2D eigenvalue weighted by atomic mass is 16.1. The predicted molar refractivity (Wildman–Crippen MR) is 53.3 cm³/mol. The van der Waals surface area contributed by atoms with Crippen LogP contribution in [0.5, 0.6) is 0 Å². The molecule has 0 aliphatic carbocycles. The Kier molecular flexibility index (Phi) is 2.04. The number of hydrogen-bond donors (Lipinski definition) is 0. The van der Waals surface area contributed by atoms with E-state index >= 15 is 0 Å². The van der Waals surface area contributed by atoms with Crippen LogP contribution in [-0.4, -0.2) is 21.3 Å². The van der Waals surface area contributed by atoms with Gasteiger partial charge in [0.1, 0.15) is 17.3 Å². The number of aromatic nitrogens is 3. The molecule has 0 atom stereocenters. The number of carbonyl (C=O) groups is 1. The van der Waals surface area contributed by atoms with E-state index in [0.29, 0.717) is 5.56 Å². The Balaban J connectivity index is 2.59. The Labute approximate surface area is 81.5 Å². The topological polar surface area (TPSA) is 47.8 Å². The van der Waals surface area contributed by atoms with E-state index < -0.39 is 0 Å². The summed E-state index contributed by atoms with van der Waals surface area (Å²) in [6.45, 7) is 4.03. The lowest BCUT2D eigenvalue weighted by molar-refractivity contribution is 0.112. The van der Waals surface area contributed by atoms with E-state index in [2.05, 4.69) is 10.2 Å². The fourth-order valence-corrected chi connectivity index (χ4v) is 1.25.